The van der Waals surface area contributed by atoms with E-state index in [9.17, 15) is 4.21 Å². The zero-order valence-corrected chi connectivity index (χ0v) is 12.1. The standard InChI is InChI=1S/C15H23NOS/c1-3-11-16-13-8-6-10-15(13)18(17)14-9-5-4-7-12(14)2/h4-5,7,9,13,15-16H,3,6,8,10-11H2,1-2H3. The van der Waals surface area contributed by atoms with E-state index in [1.54, 1.807) is 0 Å². The van der Waals surface area contributed by atoms with Crippen molar-refractivity contribution in [2.45, 2.75) is 55.7 Å². The maximum Gasteiger partial charge on any atom is 0.0579 e. The summed E-state index contributed by atoms with van der Waals surface area (Å²) in [5.41, 5.74) is 1.15. The fourth-order valence-corrected chi connectivity index (χ4v) is 4.53. The first-order valence-electron chi connectivity index (χ1n) is 6.93. The second kappa shape index (κ2) is 6.48. The molecule has 0 aromatic heterocycles. The van der Waals surface area contributed by atoms with E-state index >= 15 is 0 Å². The Kier molecular flexibility index (Phi) is 4.95. The second-order valence-electron chi connectivity index (χ2n) is 5.09. The van der Waals surface area contributed by atoms with Crippen molar-refractivity contribution in [2.75, 3.05) is 6.54 Å². The summed E-state index contributed by atoms with van der Waals surface area (Å²) in [7, 11) is -0.866. The van der Waals surface area contributed by atoms with Crippen LogP contribution in [0.2, 0.25) is 0 Å². The Labute approximate surface area is 113 Å². The van der Waals surface area contributed by atoms with Gasteiger partial charge in [0.25, 0.3) is 0 Å². The zero-order valence-electron chi connectivity index (χ0n) is 11.3. The van der Waals surface area contributed by atoms with Gasteiger partial charge in [0.2, 0.25) is 0 Å². The largest absolute Gasteiger partial charge is 0.313 e. The van der Waals surface area contributed by atoms with E-state index < -0.39 is 10.8 Å². The van der Waals surface area contributed by atoms with Crippen LogP contribution in [0.1, 0.15) is 38.2 Å². The molecule has 1 fully saturated rings. The normalized spacial score (nSPS) is 25.2. The van der Waals surface area contributed by atoms with Crippen LogP contribution < -0.4 is 5.32 Å². The molecular weight excluding hydrogens is 242 g/mol. The first-order chi connectivity index (χ1) is 8.74. The van der Waals surface area contributed by atoms with Crippen molar-refractivity contribution in [3.8, 4) is 0 Å². The van der Waals surface area contributed by atoms with Gasteiger partial charge in [-0.2, -0.15) is 0 Å². The predicted octanol–water partition coefficient (Wildman–Crippen LogP) is 3.02. The summed E-state index contributed by atoms with van der Waals surface area (Å²) in [4.78, 5) is 1.02. The van der Waals surface area contributed by atoms with Gasteiger partial charge in [0.15, 0.2) is 0 Å². The van der Waals surface area contributed by atoms with Gasteiger partial charge in [-0.25, -0.2) is 0 Å². The van der Waals surface area contributed by atoms with E-state index in [4.69, 9.17) is 0 Å². The van der Waals surface area contributed by atoms with Crippen LogP contribution in [0.15, 0.2) is 29.2 Å². The van der Waals surface area contributed by atoms with Gasteiger partial charge in [-0.3, -0.25) is 4.21 Å². The Morgan fingerprint density at radius 1 is 1.33 bits per heavy atom. The van der Waals surface area contributed by atoms with Crippen molar-refractivity contribution >= 4 is 10.8 Å². The molecule has 2 rings (SSSR count). The highest BCUT2D eigenvalue weighted by atomic mass is 32.2. The van der Waals surface area contributed by atoms with E-state index in [1.807, 2.05) is 18.2 Å². The maximum absolute atomic E-state index is 12.7. The molecule has 0 radical (unpaired) electrons. The molecule has 1 aliphatic rings. The molecule has 0 saturated heterocycles. The average Bonchev–Trinajstić information content (AvgIpc) is 2.84. The third-order valence-corrected chi connectivity index (χ3v) is 5.70. The van der Waals surface area contributed by atoms with Gasteiger partial charge in [-0.15, -0.1) is 0 Å². The molecule has 3 atom stereocenters. The molecule has 1 aliphatic carbocycles. The molecule has 3 heteroatoms. The second-order valence-corrected chi connectivity index (χ2v) is 6.73. The molecule has 18 heavy (non-hydrogen) atoms. The summed E-state index contributed by atoms with van der Waals surface area (Å²) in [6.07, 6.45) is 4.59. The molecule has 1 aromatic rings. The van der Waals surface area contributed by atoms with Gasteiger partial charge in [-0.1, -0.05) is 31.5 Å². The van der Waals surface area contributed by atoms with Gasteiger partial charge >= 0.3 is 0 Å². The number of benzene rings is 1. The Hall–Kier alpha value is -0.670. The van der Waals surface area contributed by atoms with Crippen molar-refractivity contribution in [1.82, 2.24) is 5.32 Å². The topological polar surface area (TPSA) is 29.1 Å². The lowest BCUT2D eigenvalue weighted by Crippen LogP contribution is -2.38. The summed E-state index contributed by atoms with van der Waals surface area (Å²) in [5, 5.41) is 3.85. The SMILES string of the molecule is CCCNC1CCCC1S(=O)c1ccccc1C. The van der Waals surface area contributed by atoms with Crippen LogP contribution in [-0.4, -0.2) is 22.0 Å². The highest BCUT2D eigenvalue weighted by Crippen LogP contribution is 2.28. The highest BCUT2D eigenvalue weighted by molar-refractivity contribution is 7.85. The first kappa shape index (κ1) is 13.8. The first-order valence-corrected chi connectivity index (χ1v) is 8.15. The van der Waals surface area contributed by atoms with Crippen LogP contribution in [0.5, 0.6) is 0 Å². The smallest absolute Gasteiger partial charge is 0.0579 e. The molecule has 0 spiro atoms. The number of hydrogen-bond donors (Lipinski definition) is 1. The van der Waals surface area contributed by atoms with Gasteiger partial charge < -0.3 is 5.32 Å². The molecule has 1 N–H and O–H groups in total. The monoisotopic (exact) mass is 265 g/mol. The van der Waals surface area contributed by atoms with E-state index in [2.05, 4.69) is 25.2 Å². The molecule has 1 saturated carbocycles. The fourth-order valence-electron chi connectivity index (χ4n) is 2.69. The number of aryl methyl sites for hydroxylation is 1. The summed E-state index contributed by atoms with van der Waals surface area (Å²) < 4.78 is 12.7. The Morgan fingerprint density at radius 2 is 2.11 bits per heavy atom. The van der Waals surface area contributed by atoms with E-state index in [0.717, 1.165) is 29.8 Å². The minimum Gasteiger partial charge on any atom is -0.313 e. The van der Waals surface area contributed by atoms with Crippen molar-refractivity contribution < 1.29 is 4.21 Å². The summed E-state index contributed by atoms with van der Waals surface area (Å²) in [6.45, 7) is 5.26. The molecule has 0 bridgehead atoms. The lowest BCUT2D eigenvalue weighted by atomic mass is 10.2. The van der Waals surface area contributed by atoms with Crippen molar-refractivity contribution in [3.05, 3.63) is 29.8 Å². The van der Waals surface area contributed by atoms with Crippen molar-refractivity contribution in [1.29, 1.82) is 0 Å². The highest BCUT2D eigenvalue weighted by Gasteiger charge is 2.32. The Bertz CT molecular complexity index is 419. The molecule has 3 unspecified atom stereocenters. The zero-order chi connectivity index (χ0) is 13.0. The Morgan fingerprint density at radius 3 is 2.83 bits per heavy atom. The summed E-state index contributed by atoms with van der Waals surface area (Å²) in [6, 6.07) is 8.50. The maximum atomic E-state index is 12.7. The fraction of sp³-hybridized carbons (Fsp3) is 0.600. The predicted molar refractivity (Wildman–Crippen MR) is 77.3 cm³/mol. The van der Waals surface area contributed by atoms with Gasteiger partial charge in [0, 0.05) is 10.9 Å². The minimum absolute atomic E-state index is 0.289. The summed E-state index contributed by atoms with van der Waals surface area (Å²) in [5.74, 6) is 0. The van der Waals surface area contributed by atoms with Crippen LogP contribution in [-0.2, 0) is 10.8 Å². The lowest BCUT2D eigenvalue weighted by molar-refractivity contribution is 0.523. The van der Waals surface area contributed by atoms with E-state index in [1.165, 1.54) is 12.8 Å². The van der Waals surface area contributed by atoms with Crippen LogP contribution in [0, 0.1) is 6.92 Å². The van der Waals surface area contributed by atoms with Gasteiger partial charge in [-0.05, 0) is 44.4 Å². The number of nitrogens with one attached hydrogen (secondary N) is 1. The van der Waals surface area contributed by atoms with Crippen LogP contribution in [0.3, 0.4) is 0 Å². The van der Waals surface area contributed by atoms with E-state index in [0.29, 0.717) is 6.04 Å². The van der Waals surface area contributed by atoms with Gasteiger partial charge in [0.1, 0.15) is 0 Å². The van der Waals surface area contributed by atoms with Gasteiger partial charge in [0.05, 0.1) is 16.0 Å². The summed E-state index contributed by atoms with van der Waals surface area (Å²) >= 11 is 0. The molecule has 0 heterocycles. The third-order valence-electron chi connectivity index (χ3n) is 3.69. The average molecular weight is 265 g/mol. The molecular formula is C15H23NOS. The molecule has 2 nitrogen and oxygen atoms in total. The Balaban J connectivity index is 2.10. The van der Waals surface area contributed by atoms with Crippen molar-refractivity contribution in [2.24, 2.45) is 0 Å². The molecule has 100 valence electrons. The van der Waals surface area contributed by atoms with Crippen LogP contribution >= 0.6 is 0 Å². The third kappa shape index (κ3) is 3.01. The quantitative estimate of drug-likeness (QED) is 0.886. The minimum atomic E-state index is -0.866. The number of rotatable bonds is 5. The van der Waals surface area contributed by atoms with Crippen molar-refractivity contribution in [3.63, 3.8) is 0 Å². The van der Waals surface area contributed by atoms with Crippen LogP contribution in [0.4, 0.5) is 0 Å². The molecule has 1 aromatic carbocycles. The lowest BCUT2D eigenvalue weighted by Gasteiger charge is -2.21. The molecule has 0 amide bonds. The molecule has 0 aliphatic heterocycles. The van der Waals surface area contributed by atoms with Crippen LogP contribution in [0.25, 0.3) is 0 Å². The number of hydrogen-bond acceptors (Lipinski definition) is 2. The van der Waals surface area contributed by atoms with E-state index in [-0.39, 0.29) is 5.25 Å².